The van der Waals surface area contributed by atoms with Crippen molar-refractivity contribution in [3.63, 3.8) is 0 Å². The summed E-state index contributed by atoms with van der Waals surface area (Å²) in [6.07, 6.45) is 11.9. The van der Waals surface area contributed by atoms with E-state index in [1.54, 1.807) is 19.2 Å². The average Bonchev–Trinajstić information content (AvgIpc) is 3.76. The Kier molecular flexibility index (Phi) is 9.41. The molecule has 0 amide bonds. The Morgan fingerprint density at radius 1 is 0.900 bits per heavy atom. The van der Waals surface area contributed by atoms with Crippen LogP contribution in [-0.2, 0) is 11.4 Å². The van der Waals surface area contributed by atoms with Crippen molar-refractivity contribution in [1.29, 1.82) is 0 Å². The van der Waals surface area contributed by atoms with Crippen LogP contribution in [0, 0.1) is 11.7 Å². The van der Waals surface area contributed by atoms with Crippen molar-refractivity contribution < 1.29 is 23.8 Å². The van der Waals surface area contributed by atoms with Crippen molar-refractivity contribution >= 4 is 5.97 Å². The maximum atomic E-state index is 15.1. The Morgan fingerprint density at radius 3 is 2.40 bits per heavy atom. The summed E-state index contributed by atoms with van der Waals surface area (Å²) in [5.41, 5.74) is 4.79. The minimum atomic E-state index is -0.758. The van der Waals surface area contributed by atoms with E-state index >= 15 is 4.39 Å². The molecule has 0 saturated heterocycles. The van der Waals surface area contributed by atoms with Gasteiger partial charge in [-0.25, -0.2) is 4.39 Å². The summed E-state index contributed by atoms with van der Waals surface area (Å²) >= 11 is 0. The summed E-state index contributed by atoms with van der Waals surface area (Å²) in [4.78, 5) is 11.5. The summed E-state index contributed by atoms with van der Waals surface area (Å²) in [5, 5.41) is 9.46. The lowest BCUT2D eigenvalue weighted by Crippen LogP contribution is -2.08. The van der Waals surface area contributed by atoms with Gasteiger partial charge in [-0.3, -0.25) is 4.79 Å². The first kappa shape index (κ1) is 28.2. The molecule has 2 aliphatic carbocycles. The van der Waals surface area contributed by atoms with E-state index in [0.29, 0.717) is 29.8 Å². The summed E-state index contributed by atoms with van der Waals surface area (Å²) in [5.74, 6) is 1.44. The third kappa shape index (κ3) is 7.44. The van der Waals surface area contributed by atoms with Crippen LogP contribution in [0.25, 0.3) is 11.1 Å². The zero-order valence-electron chi connectivity index (χ0n) is 23.5. The molecule has 1 N–H and O–H groups in total. The highest BCUT2D eigenvalue weighted by Gasteiger charge is 2.28. The number of carboxylic acids is 1. The number of carboxylic acid groups (broad SMARTS) is 1. The van der Waals surface area contributed by atoms with Crippen LogP contribution >= 0.6 is 0 Å². The minimum Gasteiger partial charge on any atom is -0.497 e. The number of rotatable bonds is 11. The van der Waals surface area contributed by atoms with E-state index in [9.17, 15) is 9.90 Å². The number of hydrogen-bond donors (Lipinski definition) is 1. The number of halogens is 1. The van der Waals surface area contributed by atoms with Gasteiger partial charge in [-0.05, 0) is 89.6 Å². The molecule has 0 aromatic heterocycles. The van der Waals surface area contributed by atoms with Crippen LogP contribution in [0.3, 0.4) is 0 Å². The normalized spacial score (nSPS) is 17.1. The highest BCUT2D eigenvalue weighted by Crippen LogP contribution is 2.41. The van der Waals surface area contributed by atoms with Crippen LogP contribution in [0.2, 0.25) is 0 Å². The molecule has 0 radical (unpaired) electrons. The molecule has 3 aromatic rings. The predicted molar refractivity (Wildman–Crippen MR) is 157 cm³/mol. The van der Waals surface area contributed by atoms with Gasteiger partial charge >= 0.3 is 5.97 Å². The van der Waals surface area contributed by atoms with E-state index < -0.39 is 5.97 Å². The molecule has 3 aromatic carbocycles. The molecular weight excluding hydrogens is 503 g/mol. The lowest BCUT2D eigenvalue weighted by atomic mass is 9.81. The van der Waals surface area contributed by atoms with Crippen molar-refractivity contribution in [2.45, 2.75) is 89.1 Å². The summed E-state index contributed by atoms with van der Waals surface area (Å²) in [7, 11) is 1.61. The molecule has 0 aliphatic heterocycles. The van der Waals surface area contributed by atoms with Gasteiger partial charge in [0, 0.05) is 5.56 Å². The molecule has 1 atom stereocenters. The Balaban J connectivity index is 1.39. The number of methoxy groups -OCH3 is 1. The van der Waals surface area contributed by atoms with Gasteiger partial charge in [-0.1, -0.05) is 75.3 Å². The average molecular weight is 545 g/mol. The highest BCUT2D eigenvalue weighted by molar-refractivity contribution is 5.71. The van der Waals surface area contributed by atoms with Crippen LogP contribution in [0.5, 0.6) is 11.5 Å². The number of hydrogen-bond acceptors (Lipinski definition) is 3. The first-order chi connectivity index (χ1) is 19.5. The zero-order valence-corrected chi connectivity index (χ0v) is 23.5. The van der Waals surface area contributed by atoms with E-state index in [2.05, 4.69) is 6.07 Å². The Labute approximate surface area is 237 Å². The van der Waals surface area contributed by atoms with Crippen molar-refractivity contribution in [3.8, 4) is 22.6 Å². The molecule has 0 bridgehead atoms. The van der Waals surface area contributed by atoms with Gasteiger partial charge in [-0.2, -0.15) is 0 Å². The monoisotopic (exact) mass is 544 g/mol. The molecule has 0 heterocycles. The molecule has 0 spiro atoms. The number of ether oxygens (including phenoxy) is 2. The summed E-state index contributed by atoms with van der Waals surface area (Å²) in [6, 6.07) is 19.2. The summed E-state index contributed by atoms with van der Waals surface area (Å²) < 4.78 is 26.8. The fourth-order valence-corrected chi connectivity index (χ4v) is 6.22. The number of benzene rings is 3. The molecule has 2 aliphatic rings. The largest absolute Gasteiger partial charge is 0.497 e. The van der Waals surface area contributed by atoms with Crippen molar-refractivity contribution in [3.05, 3.63) is 83.2 Å². The van der Waals surface area contributed by atoms with Gasteiger partial charge in [0.25, 0.3) is 0 Å². The Morgan fingerprint density at radius 2 is 1.68 bits per heavy atom. The number of carbonyl (C=O) groups is 1. The van der Waals surface area contributed by atoms with Gasteiger partial charge in [0.2, 0.25) is 0 Å². The third-order valence-electron chi connectivity index (χ3n) is 8.60. The van der Waals surface area contributed by atoms with E-state index in [-0.39, 0.29) is 18.2 Å². The van der Waals surface area contributed by atoms with E-state index in [1.165, 1.54) is 56.6 Å². The van der Waals surface area contributed by atoms with Gasteiger partial charge in [-0.15, -0.1) is 0 Å². The molecule has 40 heavy (non-hydrogen) atoms. The first-order valence-corrected chi connectivity index (χ1v) is 14.9. The maximum absolute atomic E-state index is 15.1. The lowest BCUT2D eigenvalue weighted by molar-refractivity contribution is -0.137. The Bertz CT molecular complexity index is 1290. The fraction of sp³-hybridized carbons (Fsp3) is 0.457. The van der Waals surface area contributed by atoms with Crippen molar-refractivity contribution in [1.82, 2.24) is 0 Å². The maximum Gasteiger partial charge on any atom is 0.303 e. The van der Waals surface area contributed by atoms with Crippen LogP contribution < -0.4 is 9.47 Å². The molecule has 5 heteroatoms. The van der Waals surface area contributed by atoms with Crippen LogP contribution in [0.15, 0.2) is 60.7 Å². The highest BCUT2D eigenvalue weighted by atomic mass is 19.1. The topological polar surface area (TPSA) is 55.8 Å². The molecular formula is C35H41FO4. The van der Waals surface area contributed by atoms with E-state index in [1.807, 2.05) is 36.4 Å². The van der Waals surface area contributed by atoms with E-state index in [4.69, 9.17) is 9.47 Å². The fourth-order valence-electron chi connectivity index (χ4n) is 6.22. The second kappa shape index (κ2) is 13.3. The first-order valence-electron chi connectivity index (χ1n) is 14.9. The van der Waals surface area contributed by atoms with Crippen LogP contribution in [-0.4, -0.2) is 18.2 Å². The van der Waals surface area contributed by atoms with Gasteiger partial charge in [0.1, 0.15) is 23.9 Å². The molecule has 5 rings (SSSR count). The molecule has 212 valence electrons. The van der Waals surface area contributed by atoms with Crippen LogP contribution in [0.4, 0.5) is 4.39 Å². The second-order valence-corrected chi connectivity index (χ2v) is 11.6. The molecule has 4 nitrogen and oxygen atoms in total. The SMILES string of the molecule is COc1ccc(F)c(-c2ccc(COc3cccc([C@@H](CC(=O)O)CC4CC4)c3)cc2C2CCCCCCC2)c1. The van der Waals surface area contributed by atoms with Gasteiger partial charge < -0.3 is 14.6 Å². The zero-order chi connectivity index (χ0) is 27.9. The molecule has 0 unspecified atom stereocenters. The third-order valence-corrected chi connectivity index (χ3v) is 8.60. The minimum absolute atomic E-state index is 0.0107. The quantitative estimate of drug-likeness (QED) is 0.261. The Hall–Kier alpha value is -3.34. The van der Waals surface area contributed by atoms with Crippen LogP contribution in [0.1, 0.15) is 99.2 Å². The molecule has 2 fully saturated rings. The second-order valence-electron chi connectivity index (χ2n) is 11.6. The number of aliphatic carboxylic acids is 1. The summed E-state index contributed by atoms with van der Waals surface area (Å²) in [6.45, 7) is 0.399. The van der Waals surface area contributed by atoms with Crippen molar-refractivity contribution in [2.75, 3.05) is 7.11 Å². The van der Waals surface area contributed by atoms with Gasteiger partial charge in [0.05, 0.1) is 13.5 Å². The van der Waals surface area contributed by atoms with Crippen molar-refractivity contribution in [2.24, 2.45) is 5.92 Å². The predicted octanol–water partition coefficient (Wildman–Crippen LogP) is 9.27. The molecule has 2 saturated carbocycles. The standard InChI is InChI=1S/C35H41FO4/c1-39-29-15-17-34(36)33(22-29)31-16-14-25(19-32(31)26-8-5-3-2-4-6-9-26)23-40-30-11-7-10-27(20-30)28(21-35(37)38)18-24-12-13-24/h7,10-11,14-17,19-20,22,24,26,28H,2-6,8-9,12-13,18,21,23H2,1H3,(H,37,38)/t28-/m1/s1. The van der Waals surface area contributed by atoms with E-state index in [0.717, 1.165) is 41.7 Å². The van der Waals surface area contributed by atoms with Gasteiger partial charge in [0.15, 0.2) is 0 Å². The smallest absolute Gasteiger partial charge is 0.303 e. The lowest BCUT2D eigenvalue weighted by Gasteiger charge is -2.24.